The quantitative estimate of drug-likeness (QED) is 0.797. The van der Waals surface area contributed by atoms with Crippen LogP contribution >= 0.6 is 0 Å². The Hall–Kier alpha value is -1.20. The molecule has 1 aromatic carbocycles. The first-order valence-corrected chi connectivity index (χ1v) is 5.97. The fraction of sp³-hybridized carbons (Fsp3) is 0.300. The smallest absolute Gasteiger partial charge is 0.280 e. The molecule has 0 saturated carbocycles. The molecule has 5 heteroatoms. The monoisotopic (exact) mass is 228 g/mol. The maximum Gasteiger partial charge on any atom is 0.329 e. The molecule has 0 radical (unpaired) electrons. The molecule has 4 nitrogen and oxygen atoms in total. The van der Waals surface area contributed by atoms with Crippen molar-refractivity contribution in [2.45, 2.75) is 19.3 Å². The Bertz CT molecular complexity index is 436. The van der Waals surface area contributed by atoms with Crippen molar-refractivity contribution in [2.75, 3.05) is 0 Å². The summed E-state index contributed by atoms with van der Waals surface area (Å²) in [6, 6.07) is 8.53. The highest BCUT2D eigenvalue weighted by molar-refractivity contribution is 8.01. The van der Waals surface area contributed by atoms with Crippen molar-refractivity contribution in [1.29, 1.82) is 0 Å². The zero-order valence-corrected chi connectivity index (χ0v) is 9.07. The first-order chi connectivity index (χ1) is 6.96. The van der Waals surface area contributed by atoms with Crippen LogP contribution in [-0.4, -0.2) is 18.1 Å². The molecule has 82 valence electrons. The summed E-state index contributed by atoms with van der Waals surface area (Å²) in [6.45, 7) is 1.70. The van der Waals surface area contributed by atoms with E-state index in [1.165, 1.54) is 0 Å². The van der Waals surface area contributed by atoms with Crippen molar-refractivity contribution < 1.29 is 17.8 Å². The van der Waals surface area contributed by atoms with E-state index in [-0.39, 0.29) is 0 Å². The Morgan fingerprint density at radius 3 is 2.27 bits per heavy atom. The molecule has 0 aromatic heterocycles. The summed E-state index contributed by atoms with van der Waals surface area (Å²) < 4.78 is 30.1. The van der Waals surface area contributed by atoms with E-state index in [1.807, 2.05) is 0 Å². The van der Waals surface area contributed by atoms with Crippen LogP contribution in [0.2, 0.25) is 0 Å². The van der Waals surface area contributed by atoms with E-state index in [0.29, 0.717) is 12.0 Å². The lowest BCUT2D eigenvalue weighted by molar-refractivity contribution is -0.113. The second-order valence-corrected chi connectivity index (χ2v) is 4.52. The first kappa shape index (κ1) is 11.9. The molecule has 0 aliphatic carbocycles. The van der Waals surface area contributed by atoms with Gasteiger partial charge >= 0.3 is 10.1 Å². The summed E-state index contributed by atoms with van der Waals surface area (Å²) in [6.07, 6.45) is 0.336. The molecule has 0 bridgehead atoms. The summed E-state index contributed by atoms with van der Waals surface area (Å²) >= 11 is 0. The third-order valence-corrected chi connectivity index (χ3v) is 2.94. The molecule has 0 spiro atoms. The predicted octanol–water partition coefficient (Wildman–Crippen LogP) is 1.59. The van der Waals surface area contributed by atoms with Crippen molar-refractivity contribution in [3.8, 4) is 0 Å². The van der Waals surface area contributed by atoms with Crippen LogP contribution in [0, 0.1) is 0 Å². The van der Waals surface area contributed by atoms with Gasteiger partial charge in [0.05, 0.1) is 5.92 Å². The lowest BCUT2D eigenvalue weighted by Gasteiger charge is -2.11. The van der Waals surface area contributed by atoms with Gasteiger partial charge in [0.1, 0.15) is 0 Å². The highest BCUT2D eigenvalue weighted by atomic mass is 32.2. The molecule has 0 fully saturated rings. The van der Waals surface area contributed by atoms with Gasteiger partial charge in [-0.05, 0) is 12.0 Å². The summed E-state index contributed by atoms with van der Waals surface area (Å²) in [5, 5.41) is -1.14. The van der Waals surface area contributed by atoms with Gasteiger partial charge in [-0.1, -0.05) is 37.3 Å². The number of benzene rings is 1. The van der Waals surface area contributed by atoms with Gasteiger partial charge in [-0.2, -0.15) is 8.42 Å². The highest BCUT2D eigenvalue weighted by Gasteiger charge is 2.28. The topological polar surface area (TPSA) is 71.4 Å². The molecule has 0 amide bonds. The van der Waals surface area contributed by atoms with Crippen LogP contribution in [0.25, 0.3) is 0 Å². The molecule has 1 N–H and O–H groups in total. The normalized spacial score (nSPS) is 13.5. The highest BCUT2D eigenvalue weighted by Crippen LogP contribution is 2.21. The molecular formula is C10H12O4S. The van der Waals surface area contributed by atoms with E-state index in [4.69, 9.17) is 4.55 Å². The van der Waals surface area contributed by atoms with Gasteiger partial charge in [0.25, 0.3) is 5.12 Å². The predicted molar refractivity (Wildman–Crippen MR) is 56.0 cm³/mol. The van der Waals surface area contributed by atoms with Crippen LogP contribution in [-0.2, 0) is 14.9 Å². The number of carbonyl (C=O) groups is 1. The van der Waals surface area contributed by atoms with E-state index >= 15 is 0 Å². The molecule has 1 rings (SSSR count). The second kappa shape index (κ2) is 4.55. The van der Waals surface area contributed by atoms with Crippen LogP contribution in [0.15, 0.2) is 30.3 Å². The van der Waals surface area contributed by atoms with Gasteiger partial charge in [-0.15, -0.1) is 0 Å². The molecule has 0 aliphatic rings. The Morgan fingerprint density at radius 1 is 1.33 bits per heavy atom. The summed E-state index contributed by atoms with van der Waals surface area (Å²) in [5.74, 6) is -0.791. The SMILES string of the molecule is CCC(C(=O)S(=O)(=O)O)c1ccccc1. The third kappa shape index (κ3) is 2.87. The summed E-state index contributed by atoms with van der Waals surface area (Å²) in [5.41, 5.74) is 0.600. The number of rotatable bonds is 3. The van der Waals surface area contributed by atoms with Gasteiger partial charge in [0.2, 0.25) is 0 Å². The second-order valence-electron chi connectivity index (χ2n) is 3.17. The largest absolute Gasteiger partial charge is 0.329 e. The Balaban J connectivity index is 3.06. The molecule has 1 aromatic rings. The van der Waals surface area contributed by atoms with E-state index in [0.717, 1.165) is 0 Å². The van der Waals surface area contributed by atoms with Crippen LogP contribution in [0.3, 0.4) is 0 Å². The maximum absolute atomic E-state index is 11.4. The van der Waals surface area contributed by atoms with Crippen LogP contribution < -0.4 is 0 Å². The minimum atomic E-state index is -4.60. The number of hydrogen-bond acceptors (Lipinski definition) is 3. The lowest BCUT2D eigenvalue weighted by atomic mass is 9.98. The molecule has 0 saturated heterocycles. The van der Waals surface area contributed by atoms with E-state index in [1.54, 1.807) is 37.3 Å². The van der Waals surface area contributed by atoms with Gasteiger partial charge in [-0.3, -0.25) is 9.35 Å². The number of carbonyl (C=O) groups excluding carboxylic acids is 1. The van der Waals surface area contributed by atoms with E-state index < -0.39 is 21.2 Å². The van der Waals surface area contributed by atoms with Crippen LogP contribution in [0.5, 0.6) is 0 Å². The molecule has 0 aliphatic heterocycles. The first-order valence-electron chi connectivity index (χ1n) is 4.53. The average Bonchev–Trinajstić information content (AvgIpc) is 2.19. The van der Waals surface area contributed by atoms with Crippen molar-refractivity contribution in [1.82, 2.24) is 0 Å². The van der Waals surface area contributed by atoms with Crippen molar-refractivity contribution >= 4 is 15.2 Å². The summed E-state index contributed by atoms with van der Waals surface area (Å²) in [4.78, 5) is 11.4. The van der Waals surface area contributed by atoms with Gasteiger partial charge < -0.3 is 0 Å². The lowest BCUT2D eigenvalue weighted by Crippen LogP contribution is -2.21. The van der Waals surface area contributed by atoms with Gasteiger partial charge in [0.15, 0.2) is 0 Å². The van der Waals surface area contributed by atoms with Crippen molar-refractivity contribution in [2.24, 2.45) is 0 Å². The number of hydrogen-bond donors (Lipinski definition) is 1. The molecule has 0 heterocycles. The molecule has 15 heavy (non-hydrogen) atoms. The fourth-order valence-corrected chi connectivity index (χ4v) is 2.07. The van der Waals surface area contributed by atoms with Crippen molar-refractivity contribution in [3.05, 3.63) is 35.9 Å². The fourth-order valence-electron chi connectivity index (χ4n) is 1.40. The van der Waals surface area contributed by atoms with Gasteiger partial charge in [-0.25, -0.2) is 0 Å². The van der Waals surface area contributed by atoms with Crippen molar-refractivity contribution in [3.63, 3.8) is 0 Å². The maximum atomic E-state index is 11.4. The van der Waals surface area contributed by atoms with Crippen LogP contribution in [0.4, 0.5) is 0 Å². The minimum Gasteiger partial charge on any atom is -0.280 e. The van der Waals surface area contributed by atoms with Crippen LogP contribution in [0.1, 0.15) is 24.8 Å². The third-order valence-electron chi connectivity index (χ3n) is 2.15. The summed E-state index contributed by atoms with van der Waals surface area (Å²) in [7, 11) is -4.60. The Labute approximate surface area is 88.7 Å². The van der Waals surface area contributed by atoms with E-state index in [2.05, 4.69) is 0 Å². The molecule has 1 atom stereocenters. The Kier molecular flexibility index (Phi) is 3.60. The standard InChI is InChI=1S/C10H12O4S/c1-2-9(10(11)15(12,13)14)8-6-4-3-5-7-8/h3-7,9H,2H2,1H3,(H,12,13,14). The van der Waals surface area contributed by atoms with Gasteiger partial charge in [0, 0.05) is 0 Å². The zero-order valence-electron chi connectivity index (χ0n) is 8.25. The minimum absolute atomic E-state index is 0.336. The molecular weight excluding hydrogens is 216 g/mol. The zero-order chi connectivity index (χ0) is 11.5. The van der Waals surface area contributed by atoms with E-state index in [9.17, 15) is 13.2 Å². The average molecular weight is 228 g/mol. The molecule has 1 unspecified atom stereocenters. The Morgan fingerprint density at radius 2 is 1.87 bits per heavy atom.